The number of carboxylic acid groups (broad SMARTS) is 2. The lowest BCUT2D eigenvalue weighted by Crippen LogP contribution is -2.36. The Labute approximate surface area is 177 Å². The van der Waals surface area contributed by atoms with Crippen molar-refractivity contribution in [2.24, 2.45) is 0 Å². The molecule has 1 aliphatic rings. The summed E-state index contributed by atoms with van der Waals surface area (Å²) in [5, 5.41) is 22.5. The van der Waals surface area contributed by atoms with Crippen LogP contribution < -0.4 is 5.32 Å². The third-order valence-corrected chi connectivity index (χ3v) is 5.96. The number of thiocarbonyl (C=S) groups is 1. The van der Waals surface area contributed by atoms with Gasteiger partial charge in [-0.25, -0.2) is 9.59 Å². The van der Waals surface area contributed by atoms with Crippen LogP contribution in [0, 0.1) is 0 Å². The molecule has 1 aromatic heterocycles. The molecule has 0 radical (unpaired) electrons. The van der Waals surface area contributed by atoms with Crippen LogP contribution in [0.5, 0.6) is 0 Å². The summed E-state index contributed by atoms with van der Waals surface area (Å²) in [7, 11) is 0. The molecule has 0 atom stereocenters. The van der Waals surface area contributed by atoms with Crippen LogP contribution in [0.15, 0.2) is 40.6 Å². The van der Waals surface area contributed by atoms with Gasteiger partial charge in [-0.05, 0) is 35.7 Å². The summed E-state index contributed by atoms with van der Waals surface area (Å²) in [6, 6.07) is 6.94. The van der Waals surface area contributed by atoms with Gasteiger partial charge >= 0.3 is 11.9 Å². The highest BCUT2D eigenvalue weighted by Gasteiger charge is 2.33. The van der Waals surface area contributed by atoms with Gasteiger partial charge in [-0.2, -0.15) is 0 Å². The average Bonchev–Trinajstić information content (AvgIpc) is 3.25. The summed E-state index contributed by atoms with van der Waals surface area (Å²) in [6.07, 6.45) is 1.68. The minimum Gasteiger partial charge on any atom is -0.478 e. The SMILES string of the molecule is O=C(CN1C(=O)/C(=C/c2cccs2)SC1=S)Nc1cc(C(=O)O)ccc1C(=O)O. The Bertz CT molecular complexity index is 1060. The van der Waals surface area contributed by atoms with Gasteiger partial charge in [-0.1, -0.05) is 30.0 Å². The van der Waals surface area contributed by atoms with Gasteiger partial charge in [0.25, 0.3) is 5.91 Å². The zero-order valence-electron chi connectivity index (χ0n) is 14.4. The van der Waals surface area contributed by atoms with Crippen LogP contribution in [0.2, 0.25) is 0 Å². The second kappa shape index (κ2) is 8.55. The third kappa shape index (κ3) is 4.70. The number of hydrogen-bond acceptors (Lipinski definition) is 7. The van der Waals surface area contributed by atoms with Gasteiger partial charge < -0.3 is 15.5 Å². The lowest BCUT2D eigenvalue weighted by atomic mass is 10.1. The molecule has 8 nitrogen and oxygen atoms in total. The fourth-order valence-electron chi connectivity index (χ4n) is 2.44. The first-order valence-corrected chi connectivity index (χ1v) is 10.1. The number of thiophene rings is 1. The fraction of sp³-hybridized carbons (Fsp3) is 0.0556. The molecule has 2 heterocycles. The molecule has 3 N–H and O–H groups in total. The molecule has 0 unspecified atom stereocenters. The van der Waals surface area contributed by atoms with Gasteiger partial charge in [-0.15, -0.1) is 11.3 Å². The van der Waals surface area contributed by atoms with Crippen LogP contribution >= 0.6 is 35.3 Å². The van der Waals surface area contributed by atoms with Crippen molar-refractivity contribution in [3.05, 3.63) is 56.6 Å². The van der Waals surface area contributed by atoms with E-state index >= 15 is 0 Å². The highest BCUT2D eigenvalue weighted by atomic mass is 32.2. The van der Waals surface area contributed by atoms with E-state index in [1.165, 1.54) is 11.3 Å². The number of amides is 2. The zero-order valence-corrected chi connectivity index (χ0v) is 16.9. The summed E-state index contributed by atoms with van der Waals surface area (Å²) < 4.78 is 0.200. The van der Waals surface area contributed by atoms with E-state index in [1.807, 2.05) is 17.5 Å². The number of carboxylic acids is 2. The summed E-state index contributed by atoms with van der Waals surface area (Å²) >= 11 is 7.69. The van der Waals surface area contributed by atoms with Crippen LogP contribution in [0.4, 0.5) is 5.69 Å². The molecule has 1 saturated heterocycles. The summed E-state index contributed by atoms with van der Waals surface area (Å²) in [5.74, 6) is -3.74. The first kappa shape index (κ1) is 20.7. The molecule has 1 aromatic carbocycles. The normalized spacial score (nSPS) is 15.0. The number of carbonyl (C=O) groups is 4. The van der Waals surface area contributed by atoms with Crippen molar-refractivity contribution in [1.29, 1.82) is 0 Å². The minimum absolute atomic E-state index is 0.179. The number of thioether (sulfide) groups is 1. The number of nitrogens with zero attached hydrogens (tertiary/aromatic N) is 1. The van der Waals surface area contributed by atoms with E-state index in [2.05, 4.69) is 5.32 Å². The fourth-order valence-corrected chi connectivity index (χ4v) is 4.42. The molecule has 0 spiro atoms. The minimum atomic E-state index is -1.33. The van der Waals surface area contributed by atoms with Crippen LogP contribution in [-0.2, 0) is 9.59 Å². The first-order chi connectivity index (χ1) is 13.8. The van der Waals surface area contributed by atoms with Crippen LogP contribution in [0.1, 0.15) is 25.6 Å². The molecule has 0 bridgehead atoms. The molecule has 11 heteroatoms. The van der Waals surface area contributed by atoms with E-state index in [4.69, 9.17) is 17.3 Å². The maximum Gasteiger partial charge on any atom is 0.337 e. The molecule has 1 fully saturated rings. The van der Waals surface area contributed by atoms with E-state index in [0.717, 1.165) is 39.7 Å². The van der Waals surface area contributed by atoms with Gasteiger partial charge in [0, 0.05) is 4.88 Å². The molecule has 0 saturated carbocycles. The summed E-state index contributed by atoms with van der Waals surface area (Å²) in [6.45, 7) is -0.428. The summed E-state index contributed by atoms with van der Waals surface area (Å²) in [5.41, 5.74) is -0.636. The number of anilines is 1. The molecule has 2 aromatic rings. The van der Waals surface area contributed by atoms with Crippen molar-refractivity contribution >= 4 is 75.2 Å². The predicted octanol–water partition coefficient (Wildman–Crippen LogP) is 2.98. The highest BCUT2D eigenvalue weighted by molar-refractivity contribution is 8.26. The Morgan fingerprint density at radius 1 is 1.17 bits per heavy atom. The van der Waals surface area contributed by atoms with E-state index in [-0.39, 0.29) is 21.1 Å². The van der Waals surface area contributed by atoms with Crippen molar-refractivity contribution in [3.63, 3.8) is 0 Å². The Morgan fingerprint density at radius 2 is 1.93 bits per heavy atom. The molecule has 148 valence electrons. The van der Waals surface area contributed by atoms with Crippen molar-refractivity contribution in [3.8, 4) is 0 Å². The van der Waals surface area contributed by atoms with Crippen LogP contribution in [0.3, 0.4) is 0 Å². The standard InChI is InChI=1S/C18H12N2O6S3/c21-14(19-12-6-9(16(23)24)3-4-11(12)17(25)26)8-20-15(22)13(29-18(20)27)7-10-2-1-5-28-10/h1-7H,8H2,(H,19,21)(H,23,24)(H,25,26)/b13-7-. The second-order valence-corrected chi connectivity index (χ2v) is 8.36. The zero-order chi connectivity index (χ0) is 21.1. The number of nitrogens with one attached hydrogen (secondary N) is 1. The highest BCUT2D eigenvalue weighted by Crippen LogP contribution is 2.33. The van der Waals surface area contributed by atoms with Crippen molar-refractivity contribution in [2.45, 2.75) is 0 Å². The summed E-state index contributed by atoms with van der Waals surface area (Å²) in [4.78, 5) is 49.8. The number of benzene rings is 1. The Kier molecular flexibility index (Phi) is 6.11. The number of rotatable bonds is 6. The Balaban J connectivity index is 1.76. The lowest BCUT2D eigenvalue weighted by molar-refractivity contribution is -0.126. The molecule has 29 heavy (non-hydrogen) atoms. The average molecular weight is 449 g/mol. The second-order valence-electron chi connectivity index (χ2n) is 5.70. The van der Waals surface area contributed by atoms with Gasteiger partial charge in [-0.3, -0.25) is 14.5 Å². The molecule has 0 aliphatic carbocycles. The van der Waals surface area contributed by atoms with Gasteiger partial charge in [0.1, 0.15) is 10.9 Å². The molecule has 1 aliphatic heterocycles. The van der Waals surface area contributed by atoms with Gasteiger partial charge in [0.15, 0.2) is 0 Å². The largest absolute Gasteiger partial charge is 0.478 e. The van der Waals surface area contributed by atoms with E-state index in [1.54, 1.807) is 6.08 Å². The van der Waals surface area contributed by atoms with Crippen molar-refractivity contribution < 1.29 is 29.4 Å². The molecule has 2 amide bonds. The Morgan fingerprint density at radius 3 is 2.55 bits per heavy atom. The molecular formula is C18H12N2O6S3. The van der Waals surface area contributed by atoms with Gasteiger partial charge in [0.2, 0.25) is 5.91 Å². The number of carbonyl (C=O) groups excluding carboxylic acids is 2. The topological polar surface area (TPSA) is 124 Å². The lowest BCUT2D eigenvalue weighted by Gasteiger charge is -2.15. The monoisotopic (exact) mass is 448 g/mol. The van der Waals surface area contributed by atoms with Gasteiger partial charge in [0.05, 0.1) is 21.7 Å². The Hall–Kier alpha value is -3.02. The predicted molar refractivity (Wildman–Crippen MR) is 113 cm³/mol. The first-order valence-electron chi connectivity index (χ1n) is 7.95. The maximum absolute atomic E-state index is 12.6. The smallest absolute Gasteiger partial charge is 0.337 e. The van der Waals surface area contributed by atoms with E-state index in [0.29, 0.717) is 4.91 Å². The third-order valence-electron chi connectivity index (χ3n) is 3.76. The quantitative estimate of drug-likeness (QED) is 0.455. The molecular weight excluding hydrogens is 436 g/mol. The maximum atomic E-state index is 12.6. The van der Waals surface area contributed by atoms with Crippen LogP contribution in [0.25, 0.3) is 6.08 Å². The molecule has 3 rings (SSSR count). The van der Waals surface area contributed by atoms with Crippen molar-refractivity contribution in [1.82, 2.24) is 4.90 Å². The van der Waals surface area contributed by atoms with Crippen molar-refractivity contribution in [2.75, 3.05) is 11.9 Å². The number of hydrogen-bond donors (Lipinski definition) is 3. The van der Waals surface area contributed by atoms with Crippen LogP contribution in [-0.4, -0.2) is 49.7 Å². The number of aromatic carboxylic acids is 2. The van der Waals surface area contributed by atoms with E-state index < -0.39 is 30.3 Å². The van der Waals surface area contributed by atoms with E-state index in [9.17, 15) is 24.3 Å².